The van der Waals surface area contributed by atoms with E-state index in [4.69, 9.17) is 0 Å². The van der Waals surface area contributed by atoms with E-state index < -0.39 is 0 Å². The monoisotopic (exact) mass is 373 g/mol. The molecule has 3 rings (SSSR count). The van der Waals surface area contributed by atoms with Gasteiger partial charge in [-0.25, -0.2) is 4.39 Å². The van der Waals surface area contributed by atoms with Crippen LogP contribution in [0, 0.1) is 16.6 Å². The number of piperidine rings is 1. The zero-order chi connectivity index (χ0) is 19.7. The van der Waals surface area contributed by atoms with Gasteiger partial charge in [-0.1, -0.05) is 47.1 Å². The molecule has 27 heavy (non-hydrogen) atoms. The van der Waals surface area contributed by atoms with Crippen molar-refractivity contribution in [2.75, 3.05) is 19.6 Å². The molecule has 2 heteroatoms. The molecule has 1 nitrogen and oxygen atoms in total. The Kier molecular flexibility index (Phi) is 6.35. The van der Waals surface area contributed by atoms with E-state index in [0.29, 0.717) is 22.7 Å². The van der Waals surface area contributed by atoms with Crippen LogP contribution in [-0.2, 0) is 0 Å². The van der Waals surface area contributed by atoms with Crippen LogP contribution < -0.4 is 0 Å². The Morgan fingerprint density at radius 3 is 2.19 bits per heavy atom. The maximum atomic E-state index is 14.2. The van der Waals surface area contributed by atoms with Gasteiger partial charge in [0.2, 0.25) is 0 Å². The molecule has 0 amide bonds. The summed E-state index contributed by atoms with van der Waals surface area (Å²) in [6.07, 6.45) is 8.65. The first-order valence-corrected chi connectivity index (χ1v) is 11.2. The SMILES string of the molecule is CCCCN1CCC(c2ccc(F)cc2C2CC(C)(C)CC(C)(C)C2)CC1. The Labute approximate surface area is 166 Å². The van der Waals surface area contributed by atoms with Crippen molar-refractivity contribution in [2.45, 2.75) is 91.4 Å². The fourth-order valence-electron chi connectivity index (χ4n) is 6.19. The highest BCUT2D eigenvalue weighted by atomic mass is 19.1. The third-order valence-corrected chi connectivity index (χ3v) is 6.90. The molecule has 152 valence electrons. The number of likely N-dealkylation sites (tertiary alicyclic amines) is 1. The predicted molar refractivity (Wildman–Crippen MR) is 114 cm³/mol. The molecular formula is C25H40FN. The van der Waals surface area contributed by atoms with E-state index in [2.05, 4.69) is 45.6 Å². The Bertz CT molecular complexity index is 609. The van der Waals surface area contributed by atoms with Crippen LogP contribution >= 0.6 is 0 Å². The van der Waals surface area contributed by atoms with Gasteiger partial charge in [0.1, 0.15) is 5.82 Å². The van der Waals surface area contributed by atoms with Crippen molar-refractivity contribution in [3.05, 3.63) is 35.1 Å². The molecule has 1 aromatic rings. The molecule has 1 saturated heterocycles. The van der Waals surface area contributed by atoms with Crippen LogP contribution in [0.1, 0.15) is 103 Å². The van der Waals surface area contributed by atoms with Crippen LogP contribution in [-0.4, -0.2) is 24.5 Å². The van der Waals surface area contributed by atoms with Gasteiger partial charge in [0.05, 0.1) is 0 Å². The molecule has 0 bridgehead atoms. The first kappa shape index (κ1) is 20.8. The molecule has 1 aliphatic carbocycles. The van der Waals surface area contributed by atoms with Gasteiger partial charge in [0.25, 0.3) is 0 Å². The molecule has 1 heterocycles. The van der Waals surface area contributed by atoms with Crippen LogP contribution in [0.3, 0.4) is 0 Å². The Morgan fingerprint density at radius 1 is 0.963 bits per heavy atom. The van der Waals surface area contributed by atoms with Crippen LogP contribution in [0.5, 0.6) is 0 Å². The molecule has 1 aromatic carbocycles. The summed E-state index contributed by atoms with van der Waals surface area (Å²) in [6, 6.07) is 5.69. The summed E-state index contributed by atoms with van der Waals surface area (Å²) in [4.78, 5) is 2.62. The van der Waals surface area contributed by atoms with Crippen LogP contribution in [0.4, 0.5) is 4.39 Å². The molecule has 2 fully saturated rings. The second-order valence-electron chi connectivity index (χ2n) is 10.9. The lowest BCUT2D eigenvalue weighted by atomic mass is 9.59. The van der Waals surface area contributed by atoms with Crippen LogP contribution in [0.15, 0.2) is 18.2 Å². The van der Waals surface area contributed by atoms with E-state index in [1.165, 1.54) is 75.7 Å². The number of hydrogen-bond donors (Lipinski definition) is 0. The number of hydrogen-bond acceptors (Lipinski definition) is 1. The number of nitrogens with zero attached hydrogens (tertiary/aromatic N) is 1. The van der Waals surface area contributed by atoms with E-state index in [1.807, 2.05) is 6.07 Å². The molecule has 2 aliphatic rings. The van der Waals surface area contributed by atoms with Crippen molar-refractivity contribution in [1.29, 1.82) is 0 Å². The number of unbranched alkanes of at least 4 members (excludes halogenated alkanes) is 1. The average Bonchev–Trinajstić information content (AvgIpc) is 2.58. The highest BCUT2D eigenvalue weighted by molar-refractivity contribution is 5.35. The van der Waals surface area contributed by atoms with Gasteiger partial charge >= 0.3 is 0 Å². The largest absolute Gasteiger partial charge is 0.303 e. The molecule has 0 aromatic heterocycles. The number of benzene rings is 1. The lowest BCUT2D eigenvalue weighted by molar-refractivity contribution is 0.0961. The van der Waals surface area contributed by atoms with Gasteiger partial charge in [-0.05, 0) is 104 Å². The van der Waals surface area contributed by atoms with Crippen molar-refractivity contribution >= 4 is 0 Å². The molecule has 0 N–H and O–H groups in total. The Balaban J connectivity index is 1.80. The molecule has 1 aliphatic heterocycles. The highest BCUT2D eigenvalue weighted by Gasteiger charge is 2.40. The lowest BCUT2D eigenvalue weighted by Crippen LogP contribution is -2.35. The second-order valence-corrected chi connectivity index (χ2v) is 10.9. The molecule has 0 atom stereocenters. The second kappa shape index (κ2) is 8.23. The first-order chi connectivity index (χ1) is 12.7. The third kappa shape index (κ3) is 5.34. The quantitative estimate of drug-likeness (QED) is 0.531. The summed E-state index contributed by atoms with van der Waals surface area (Å²) in [5.41, 5.74) is 3.44. The normalized spacial score (nSPS) is 24.2. The Hall–Kier alpha value is -0.890. The minimum absolute atomic E-state index is 0.0599. The molecule has 0 spiro atoms. The van der Waals surface area contributed by atoms with E-state index in [0.717, 1.165) is 0 Å². The summed E-state index contributed by atoms with van der Waals surface area (Å²) in [6.45, 7) is 15.5. The van der Waals surface area contributed by atoms with Gasteiger partial charge < -0.3 is 4.90 Å². The zero-order valence-corrected chi connectivity index (χ0v) is 18.3. The standard InChI is InChI=1S/C25H40FN/c1-6-7-12-27-13-10-19(11-14-27)22-9-8-21(26)15-23(22)20-16-24(2,3)18-25(4,5)17-20/h8-9,15,19-20H,6-7,10-14,16-18H2,1-5H3. The summed E-state index contributed by atoms with van der Waals surface area (Å²) in [7, 11) is 0. The van der Waals surface area contributed by atoms with E-state index in [9.17, 15) is 4.39 Å². The van der Waals surface area contributed by atoms with Gasteiger partial charge in [-0.2, -0.15) is 0 Å². The molecule has 0 radical (unpaired) electrons. The zero-order valence-electron chi connectivity index (χ0n) is 18.3. The van der Waals surface area contributed by atoms with Crippen molar-refractivity contribution in [2.24, 2.45) is 10.8 Å². The maximum Gasteiger partial charge on any atom is 0.123 e. The lowest BCUT2D eigenvalue weighted by Gasteiger charge is -2.46. The van der Waals surface area contributed by atoms with Gasteiger partial charge in [0, 0.05) is 0 Å². The number of halogens is 1. The van der Waals surface area contributed by atoms with Crippen LogP contribution in [0.2, 0.25) is 0 Å². The smallest absolute Gasteiger partial charge is 0.123 e. The van der Waals surface area contributed by atoms with Gasteiger partial charge in [0.15, 0.2) is 0 Å². The van der Waals surface area contributed by atoms with Crippen molar-refractivity contribution in [3.63, 3.8) is 0 Å². The predicted octanol–water partition coefficient (Wildman–Crippen LogP) is 7.13. The summed E-state index contributed by atoms with van der Waals surface area (Å²) in [5, 5.41) is 0. The minimum atomic E-state index is -0.0599. The van der Waals surface area contributed by atoms with Crippen LogP contribution in [0.25, 0.3) is 0 Å². The summed E-state index contributed by atoms with van der Waals surface area (Å²) >= 11 is 0. The highest BCUT2D eigenvalue weighted by Crippen LogP contribution is 2.53. The topological polar surface area (TPSA) is 3.24 Å². The van der Waals surface area contributed by atoms with E-state index >= 15 is 0 Å². The molecular weight excluding hydrogens is 333 g/mol. The molecule has 1 saturated carbocycles. The van der Waals surface area contributed by atoms with Gasteiger partial charge in [-0.15, -0.1) is 0 Å². The van der Waals surface area contributed by atoms with Gasteiger partial charge in [-0.3, -0.25) is 0 Å². The van der Waals surface area contributed by atoms with Crippen molar-refractivity contribution in [1.82, 2.24) is 4.90 Å². The summed E-state index contributed by atoms with van der Waals surface area (Å²) < 4.78 is 14.2. The fraction of sp³-hybridized carbons (Fsp3) is 0.760. The Morgan fingerprint density at radius 2 is 1.59 bits per heavy atom. The average molecular weight is 374 g/mol. The fourth-order valence-corrected chi connectivity index (χ4v) is 6.19. The third-order valence-electron chi connectivity index (χ3n) is 6.90. The van der Waals surface area contributed by atoms with Crippen molar-refractivity contribution < 1.29 is 4.39 Å². The first-order valence-electron chi connectivity index (χ1n) is 11.2. The van der Waals surface area contributed by atoms with E-state index in [1.54, 1.807) is 6.07 Å². The van der Waals surface area contributed by atoms with Crippen molar-refractivity contribution in [3.8, 4) is 0 Å². The van der Waals surface area contributed by atoms with E-state index in [-0.39, 0.29) is 5.82 Å². The maximum absolute atomic E-state index is 14.2. The summed E-state index contributed by atoms with van der Waals surface area (Å²) in [5.74, 6) is 1.04. The number of rotatable bonds is 5. The minimum Gasteiger partial charge on any atom is -0.303 e. The molecule has 0 unspecified atom stereocenters.